The highest BCUT2D eigenvalue weighted by molar-refractivity contribution is 5.19. The van der Waals surface area contributed by atoms with E-state index in [0.717, 1.165) is 18.8 Å². The van der Waals surface area contributed by atoms with E-state index in [2.05, 4.69) is 41.5 Å². The third kappa shape index (κ3) is 3.60. The molecule has 33 heavy (non-hydrogen) atoms. The minimum absolute atomic E-state index is 0.108. The molecule has 0 aromatic rings. The zero-order chi connectivity index (χ0) is 24.6. The Balaban J connectivity index is 1.57. The van der Waals surface area contributed by atoms with E-state index < -0.39 is 11.7 Å². The number of hydrogen-bond acceptors (Lipinski definition) is 3. The second-order valence-electron chi connectivity index (χ2n) is 14.7. The molecule has 0 aliphatic heterocycles. The van der Waals surface area contributed by atoms with E-state index in [1.165, 1.54) is 44.9 Å². The van der Waals surface area contributed by atoms with Gasteiger partial charge in [-0.2, -0.15) is 0 Å². The summed E-state index contributed by atoms with van der Waals surface area (Å²) in [6.07, 6.45) is 11.0. The molecule has 3 nitrogen and oxygen atoms in total. The molecular weight excluding hydrogens is 408 g/mol. The van der Waals surface area contributed by atoms with Gasteiger partial charge >= 0.3 is 0 Å². The van der Waals surface area contributed by atoms with Gasteiger partial charge in [-0.3, -0.25) is 0 Å². The largest absolute Gasteiger partial charge is 0.393 e. The lowest BCUT2D eigenvalue weighted by atomic mass is 9.34. The summed E-state index contributed by atoms with van der Waals surface area (Å²) in [7, 11) is 0. The van der Waals surface area contributed by atoms with Crippen molar-refractivity contribution in [1.82, 2.24) is 0 Å². The molecule has 192 valence electrons. The van der Waals surface area contributed by atoms with Crippen molar-refractivity contribution in [2.45, 2.75) is 137 Å². The first-order valence-corrected chi connectivity index (χ1v) is 14.2. The summed E-state index contributed by atoms with van der Waals surface area (Å²) in [5.41, 5.74) is 0.437. The second kappa shape index (κ2) is 8.20. The van der Waals surface area contributed by atoms with Gasteiger partial charge in [-0.05, 0) is 129 Å². The zero-order valence-electron chi connectivity index (χ0n) is 23.0. The molecule has 4 saturated carbocycles. The number of fused-ring (bicyclic) bond motifs is 5. The van der Waals surface area contributed by atoms with Crippen molar-refractivity contribution in [2.75, 3.05) is 0 Å². The summed E-state index contributed by atoms with van der Waals surface area (Å²) in [6.45, 7) is 18.7. The van der Waals surface area contributed by atoms with Gasteiger partial charge in [-0.25, -0.2) is 0 Å². The van der Waals surface area contributed by atoms with Crippen LogP contribution in [0.25, 0.3) is 0 Å². The van der Waals surface area contributed by atoms with Gasteiger partial charge in [0.15, 0.2) is 0 Å². The molecule has 11 atom stereocenters. The fraction of sp³-hybridized carbons (Fsp3) is 1.00. The summed E-state index contributed by atoms with van der Waals surface area (Å²) < 4.78 is 0. The van der Waals surface area contributed by atoms with Gasteiger partial charge in [-0.1, -0.05) is 41.5 Å². The third-order valence-corrected chi connectivity index (χ3v) is 13.3. The van der Waals surface area contributed by atoms with Crippen LogP contribution < -0.4 is 0 Å². The summed E-state index contributed by atoms with van der Waals surface area (Å²) in [5.74, 6) is 3.15. The maximum atomic E-state index is 10.7. The Morgan fingerprint density at radius 1 is 0.818 bits per heavy atom. The third-order valence-electron chi connectivity index (χ3n) is 13.3. The van der Waals surface area contributed by atoms with Crippen LogP contribution in [0, 0.1) is 51.2 Å². The van der Waals surface area contributed by atoms with E-state index in [4.69, 9.17) is 0 Å². The number of aliphatic hydroxyl groups is 3. The molecule has 4 rings (SSSR count). The molecule has 3 N–H and O–H groups in total. The molecule has 4 fully saturated rings. The zero-order valence-corrected chi connectivity index (χ0v) is 23.0. The molecule has 0 saturated heterocycles. The summed E-state index contributed by atoms with van der Waals surface area (Å²) >= 11 is 0. The van der Waals surface area contributed by atoms with Crippen molar-refractivity contribution in [3.63, 3.8) is 0 Å². The Labute approximate surface area is 204 Å². The molecule has 0 bridgehead atoms. The van der Waals surface area contributed by atoms with Gasteiger partial charge in [0, 0.05) is 0 Å². The maximum Gasteiger partial charge on any atom is 0.0849 e. The van der Waals surface area contributed by atoms with E-state index in [1.54, 1.807) is 13.8 Å². The Morgan fingerprint density at radius 2 is 1.39 bits per heavy atom. The lowest BCUT2D eigenvalue weighted by Gasteiger charge is -2.71. The first-order valence-electron chi connectivity index (χ1n) is 14.2. The standard InChI is InChI=1S/C30H54O3/c1-19(9-12-25(32)26(3,4)33)21-13-15-29(7)24-11-10-22-20(2)23(31)14-16-27(22,5)30(24,8)18-17-28(21,29)6/h19-25,31-33H,9-18H2,1-8H3/t19-,20+,21-,22-,23+,24+,25+,27+,28-,29+,30-/m1/s1. The number of aliphatic hydroxyl groups excluding tert-OH is 2. The molecule has 4 aliphatic carbocycles. The highest BCUT2D eigenvalue weighted by Gasteiger charge is 2.70. The van der Waals surface area contributed by atoms with Crippen molar-refractivity contribution in [1.29, 1.82) is 0 Å². The highest BCUT2D eigenvalue weighted by Crippen LogP contribution is 2.77. The van der Waals surface area contributed by atoms with E-state index in [0.29, 0.717) is 51.8 Å². The van der Waals surface area contributed by atoms with Crippen molar-refractivity contribution in [2.24, 2.45) is 51.2 Å². The fourth-order valence-corrected chi connectivity index (χ4v) is 10.5. The second-order valence-corrected chi connectivity index (χ2v) is 14.7. The summed E-state index contributed by atoms with van der Waals surface area (Å²) in [6, 6.07) is 0. The average molecular weight is 463 g/mol. The van der Waals surface area contributed by atoms with Gasteiger partial charge in [0.25, 0.3) is 0 Å². The normalized spacial score (nSPS) is 51.9. The Kier molecular flexibility index (Phi) is 6.45. The van der Waals surface area contributed by atoms with E-state index in [9.17, 15) is 15.3 Å². The fourth-order valence-electron chi connectivity index (χ4n) is 10.5. The molecule has 0 radical (unpaired) electrons. The van der Waals surface area contributed by atoms with Crippen LogP contribution >= 0.6 is 0 Å². The highest BCUT2D eigenvalue weighted by atomic mass is 16.3. The van der Waals surface area contributed by atoms with Crippen LogP contribution in [0.2, 0.25) is 0 Å². The van der Waals surface area contributed by atoms with Crippen molar-refractivity contribution in [3.05, 3.63) is 0 Å². The van der Waals surface area contributed by atoms with Crippen molar-refractivity contribution >= 4 is 0 Å². The Hall–Kier alpha value is -0.120. The lowest BCUT2D eigenvalue weighted by Crippen LogP contribution is -2.64. The predicted molar refractivity (Wildman–Crippen MR) is 136 cm³/mol. The Morgan fingerprint density at radius 3 is 2.03 bits per heavy atom. The van der Waals surface area contributed by atoms with Gasteiger partial charge in [-0.15, -0.1) is 0 Å². The van der Waals surface area contributed by atoms with E-state index >= 15 is 0 Å². The molecule has 0 spiro atoms. The van der Waals surface area contributed by atoms with Crippen molar-refractivity contribution < 1.29 is 15.3 Å². The minimum Gasteiger partial charge on any atom is -0.393 e. The van der Waals surface area contributed by atoms with Crippen LogP contribution in [0.3, 0.4) is 0 Å². The number of hydrogen-bond donors (Lipinski definition) is 3. The predicted octanol–water partition coefficient (Wildman–Crippen LogP) is 6.58. The SMILES string of the molecule is C[C@H]1[C@H]2CC[C@H]3[C@]4(C)CC[C@H]([C@H](C)CC[C@H](O)C(C)(C)O)[C@@]4(C)CC[C@@]3(C)[C@@]2(C)CC[C@@H]1O. The van der Waals surface area contributed by atoms with Crippen LogP contribution in [0.4, 0.5) is 0 Å². The molecular formula is C30H54O3. The molecule has 3 heteroatoms. The molecule has 0 amide bonds. The Bertz CT molecular complexity index is 729. The van der Waals surface area contributed by atoms with E-state index in [-0.39, 0.29) is 6.10 Å². The van der Waals surface area contributed by atoms with Gasteiger partial charge < -0.3 is 15.3 Å². The number of rotatable bonds is 5. The molecule has 0 unspecified atom stereocenters. The maximum absolute atomic E-state index is 10.7. The van der Waals surface area contributed by atoms with Crippen LogP contribution in [-0.2, 0) is 0 Å². The molecule has 4 aliphatic rings. The summed E-state index contributed by atoms with van der Waals surface area (Å²) in [5, 5.41) is 31.3. The van der Waals surface area contributed by atoms with E-state index in [1.807, 2.05) is 0 Å². The van der Waals surface area contributed by atoms with Crippen LogP contribution in [0.15, 0.2) is 0 Å². The van der Waals surface area contributed by atoms with Gasteiger partial charge in [0.05, 0.1) is 17.8 Å². The van der Waals surface area contributed by atoms with Gasteiger partial charge in [0.2, 0.25) is 0 Å². The van der Waals surface area contributed by atoms with Crippen molar-refractivity contribution in [3.8, 4) is 0 Å². The van der Waals surface area contributed by atoms with Gasteiger partial charge in [0.1, 0.15) is 0 Å². The average Bonchev–Trinajstić information content (AvgIpc) is 3.01. The van der Waals surface area contributed by atoms with Crippen LogP contribution in [0.5, 0.6) is 0 Å². The topological polar surface area (TPSA) is 60.7 Å². The summed E-state index contributed by atoms with van der Waals surface area (Å²) in [4.78, 5) is 0. The smallest absolute Gasteiger partial charge is 0.0849 e. The van der Waals surface area contributed by atoms with Crippen LogP contribution in [-0.4, -0.2) is 33.1 Å². The molecule has 0 heterocycles. The lowest BCUT2D eigenvalue weighted by molar-refractivity contribution is -0.228. The first kappa shape index (κ1) is 26.0. The monoisotopic (exact) mass is 462 g/mol. The molecule has 0 aromatic carbocycles. The quantitative estimate of drug-likeness (QED) is 0.432. The minimum atomic E-state index is -1.01. The first-order chi connectivity index (χ1) is 15.1. The van der Waals surface area contributed by atoms with Crippen LogP contribution in [0.1, 0.15) is 120 Å². The molecule has 0 aromatic heterocycles.